The fraction of sp³-hybridized carbons (Fsp3) is 0.704. The van der Waals surface area contributed by atoms with Crippen molar-refractivity contribution in [1.82, 2.24) is 0 Å². The van der Waals surface area contributed by atoms with Crippen molar-refractivity contribution in [2.24, 2.45) is 23.2 Å². The van der Waals surface area contributed by atoms with Crippen molar-refractivity contribution in [2.75, 3.05) is 6.26 Å². The van der Waals surface area contributed by atoms with Crippen LogP contribution in [0, 0.1) is 23.2 Å². The Morgan fingerprint density at radius 1 is 1.13 bits per heavy atom. The first-order valence-corrected chi connectivity index (χ1v) is 14.1. The Kier molecular flexibility index (Phi) is 6.20. The van der Waals surface area contributed by atoms with E-state index in [4.69, 9.17) is 0 Å². The number of hydrogen-bond donors (Lipinski definition) is 1. The van der Waals surface area contributed by atoms with E-state index in [1.54, 1.807) is 5.57 Å². The predicted octanol–water partition coefficient (Wildman–Crippen LogP) is 5.93. The normalized spacial score (nSPS) is 39.2. The molecule has 0 amide bonds. The lowest BCUT2D eigenvalue weighted by molar-refractivity contribution is 0.112. The lowest BCUT2D eigenvalue weighted by Crippen LogP contribution is -2.35. The van der Waals surface area contributed by atoms with E-state index >= 15 is 0 Å². The minimum absolute atomic E-state index is 0.225. The van der Waals surface area contributed by atoms with E-state index in [0.717, 1.165) is 32.1 Å². The molecule has 4 heteroatoms. The van der Waals surface area contributed by atoms with Gasteiger partial charge in [0.05, 0.1) is 10.9 Å². The molecular weight excluding hydrogens is 404 g/mol. The Morgan fingerprint density at radius 3 is 2.55 bits per heavy atom. The quantitative estimate of drug-likeness (QED) is 0.535. The van der Waals surface area contributed by atoms with Gasteiger partial charge in [-0.2, -0.15) is 0 Å². The number of sulfone groups is 1. The average Bonchev–Trinajstić information content (AvgIpc) is 3.42. The Morgan fingerprint density at radius 2 is 1.87 bits per heavy atom. The van der Waals surface area contributed by atoms with E-state index in [1.165, 1.54) is 49.5 Å². The fourth-order valence-corrected chi connectivity index (χ4v) is 7.95. The van der Waals surface area contributed by atoms with Gasteiger partial charge >= 0.3 is 0 Å². The standard InChI is InChI=1S/C27H40O3S/c1-19-7-10-23(28)18-22(19)9-8-21-6-5-14-26(3)24(11-12-25(21)26)20(2)13-15-27(16-17-27)31(4,29)30/h8-9,13,15,20,23-25,28H,1,5-7,10-12,14,16-18H2,2-4H3/b15-13+,21-8+,22-9-/t20?,23-,24?,25-,26+/m0/s1. The van der Waals surface area contributed by atoms with E-state index in [1.807, 2.05) is 6.08 Å². The average molecular weight is 445 g/mol. The van der Waals surface area contributed by atoms with E-state index in [0.29, 0.717) is 17.8 Å². The summed E-state index contributed by atoms with van der Waals surface area (Å²) in [5, 5.41) is 10.0. The second-order valence-electron chi connectivity index (χ2n) is 11.1. The molecule has 0 aromatic carbocycles. The molecule has 0 heterocycles. The molecule has 4 aliphatic carbocycles. The molecule has 3 nitrogen and oxygen atoms in total. The summed E-state index contributed by atoms with van der Waals surface area (Å²) >= 11 is 0. The van der Waals surface area contributed by atoms with Gasteiger partial charge in [-0.05, 0) is 93.0 Å². The molecule has 0 aliphatic heterocycles. The van der Waals surface area contributed by atoms with E-state index in [9.17, 15) is 13.5 Å². The molecule has 31 heavy (non-hydrogen) atoms. The molecule has 4 fully saturated rings. The van der Waals surface area contributed by atoms with Gasteiger partial charge in [0.1, 0.15) is 0 Å². The van der Waals surface area contributed by atoms with Gasteiger partial charge in [-0.15, -0.1) is 0 Å². The summed E-state index contributed by atoms with van der Waals surface area (Å²) in [6, 6.07) is 0. The number of aliphatic hydroxyl groups is 1. The second-order valence-corrected chi connectivity index (χ2v) is 13.4. The second kappa shape index (κ2) is 8.33. The van der Waals surface area contributed by atoms with Crippen molar-refractivity contribution in [3.63, 3.8) is 0 Å². The Hall–Kier alpha value is -1.13. The van der Waals surface area contributed by atoms with E-state index in [2.05, 4.69) is 38.7 Å². The number of allylic oxidation sites excluding steroid dienone is 5. The fourth-order valence-electron chi connectivity index (χ4n) is 6.78. The van der Waals surface area contributed by atoms with Crippen molar-refractivity contribution < 1.29 is 13.5 Å². The minimum atomic E-state index is -3.01. The Labute approximate surface area is 189 Å². The highest BCUT2D eigenvalue weighted by molar-refractivity contribution is 7.92. The highest BCUT2D eigenvalue weighted by atomic mass is 32.2. The highest BCUT2D eigenvalue weighted by Gasteiger charge is 2.52. The monoisotopic (exact) mass is 444 g/mol. The van der Waals surface area contributed by atoms with Gasteiger partial charge in [0.25, 0.3) is 0 Å². The third kappa shape index (κ3) is 4.39. The largest absolute Gasteiger partial charge is 0.393 e. The van der Waals surface area contributed by atoms with Gasteiger partial charge < -0.3 is 5.11 Å². The molecule has 4 rings (SSSR count). The first-order chi connectivity index (χ1) is 14.6. The summed E-state index contributed by atoms with van der Waals surface area (Å²) in [7, 11) is -3.01. The molecule has 2 unspecified atom stereocenters. The topological polar surface area (TPSA) is 54.4 Å². The van der Waals surface area contributed by atoms with Crippen LogP contribution in [0.1, 0.15) is 78.1 Å². The van der Waals surface area contributed by atoms with Gasteiger partial charge in [0, 0.05) is 6.26 Å². The molecule has 0 saturated heterocycles. The SMILES string of the molecule is C=C1CC[C@H](O)C/C1=C/C=C1\CCC[C@]2(C)C(C(C)/C=C/C3(S(C)(=O)=O)CC3)CC[C@@H]12. The van der Waals surface area contributed by atoms with Gasteiger partial charge in [-0.3, -0.25) is 0 Å². The molecule has 0 aromatic rings. The summed E-state index contributed by atoms with van der Waals surface area (Å²) in [4.78, 5) is 0. The zero-order chi connectivity index (χ0) is 22.4. The van der Waals surface area contributed by atoms with Crippen molar-refractivity contribution >= 4 is 9.84 Å². The van der Waals surface area contributed by atoms with Crippen LogP contribution < -0.4 is 0 Å². The molecule has 1 N–H and O–H groups in total. The number of aliphatic hydroxyl groups excluding tert-OH is 1. The van der Waals surface area contributed by atoms with Crippen LogP contribution in [-0.4, -0.2) is 30.6 Å². The first kappa shape index (κ1) is 23.0. The molecule has 4 aliphatic rings. The van der Waals surface area contributed by atoms with Crippen LogP contribution in [-0.2, 0) is 9.84 Å². The van der Waals surface area contributed by atoms with E-state index < -0.39 is 14.6 Å². The summed E-state index contributed by atoms with van der Waals surface area (Å²) in [5.74, 6) is 1.62. The maximum absolute atomic E-state index is 12.1. The smallest absolute Gasteiger partial charge is 0.156 e. The Bertz CT molecular complexity index is 918. The molecule has 0 spiro atoms. The summed E-state index contributed by atoms with van der Waals surface area (Å²) in [6.07, 6.45) is 20.1. The zero-order valence-electron chi connectivity index (χ0n) is 19.6. The number of rotatable bonds is 5. The maximum Gasteiger partial charge on any atom is 0.156 e. The highest BCUT2D eigenvalue weighted by Crippen LogP contribution is 2.59. The van der Waals surface area contributed by atoms with E-state index in [-0.39, 0.29) is 11.5 Å². The van der Waals surface area contributed by atoms with Crippen molar-refractivity contribution in [1.29, 1.82) is 0 Å². The summed E-state index contributed by atoms with van der Waals surface area (Å²) in [5.41, 5.74) is 4.27. The Balaban J connectivity index is 1.51. The van der Waals surface area contributed by atoms with Crippen LogP contribution in [0.25, 0.3) is 0 Å². The van der Waals surface area contributed by atoms with Gasteiger partial charge in [-0.1, -0.05) is 55.9 Å². The zero-order valence-corrected chi connectivity index (χ0v) is 20.4. The molecule has 5 atom stereocenters. The van der Waals surface area contributed by atoms with Crippen LogP contribution in [0.5, 0.6) is 0 Å². The molecule has 4 saturated carbocycles. The summed E-state index contributed by atoms with van der Waals surface area (Å²) in [6.45, 7) is 8.98. The molecule has 0 aromatic heterocycles. The molecule has 0 radical (unpaired) electrons. The van der Waals surface area contributed by atoms with Crippen LogP contribution in [0.2, 0.25) is 0 Å². The van der Waals surface area contributed by atoms with Crippen molar-refractivity contribution in [3.8, 4) is 0 Å². The minimum Gasteiger partial charge on any atom is -0.393 e. The third-order valence-electron chi connectivity index (χ3n) is 9.04. The van der Waals surface area contributed by atoms with Gasteiger partial charge in [0.15, 0.2) is 9.84 Å². The number of hydrogen-bond acceptors (Lipinski definition) is 3. The van der Waals surface area contributed by atoms with Crippen LogP contribution in [0.15, 0.2) is 47.6 Å². The van der Waals surface area contributed by atoms with Crippen molar-refractivity contribution in [3.05, 3.63) is 47.6 Å². The van der Waals surface area contributed by atoms with Crippen LogP contribution >= 0.6 is 0 Å². The predicted molar refractivity (Wildman–Crippen MR) is 128 cm³/mol. The maximum atomic E-state index is 12.1. The lowest BCUT2D eigenvalue weighted by Gasteiger charge is -2.44. The van der Waals surface area contributed by atoms with Gasteiger partial charge in [-0.25, -0.2) is 8.42 Å². The van der Waals surface area contributed by atoms with Crippen LogP contribution in [0.4, 0.5) is 0 Å². The van der Waals surface area contributed by atoms with Crippen LogP contribution in [0.3, 0.4) is 0 Å². The summed E-state index contributed by atoms with van der Waals surface area (Å²) < 4.78 is 23.7. The van der Waals surface area contributed by atoms with Gasteiger partial charge in [0.2, 0.25) is 0 Å². The number of fused-ring (bicyclic) bond motifs is 1. The molecular formula is C27H40O3S. The molecule has 172 valence electrons. The van der Waals surface area contributed by atoms with Crippen molar-refractivity contribution in [2.45, 2.75) is 88.9 Å². The third-order valence-corrected chi connectivity index (χ3v) is 11.1. The lowest BCUT2D eigenvalue weighted by atomic mass is 9.61. The molecule has 0 bridgehead atoms. The first-order valence-electron chi connectivity index (χ1n) is 12.2.